The summed E-state index contributed by atoms with van der Waals surface area (Å²) in [5.74, 6) is -0.392. The second-order valence-corrected chi connectivity index (χ2v) is 9.58. The number of halogens is 2. The van der Waals surface area contributed by atoms with Crippen molar-refractivity contribution in [2.24, 2.45) is 5.92 Å². The molecule has 0 bridgehead atoms. The van der Waals surface area contributed by atoms with Crippen molar-refractivity contribution in [2.45, 2.75) is 25.2 Å². The van der Waals surface area contributed by atoms with Crippen LogP contribution in [0.4, 0.5) is 0 Å². The van der Waals surface area contributed by atoms with E-state index in [1.165, 1.54) is 7.11 Å². The molecule has 1 N–H and O–H groups in total. The number of methoxy groups -OCH3 is 1. The predicted molar refractivity (Wildman–Crippen MR) is 126 cm³/mol. The third kappa shape index (κ3) is 3.83. The minimum absolute atomic E-state index is 0.0448. The number of hydrogen-bond acceptors (Lipinski definition) is 6. The summed E-state index contributed by atoms with van der Waals surface area (Å²) in [6, 6.07) is 11.2. The molecule has 6 nitrogen and oxygen atoms in total. The summed E-state index contributed by atoms with van der Waals surface area (Å²) < 4.78 is 16.9. The van der Waals surface area contributed by atoms with Gasteiger partial charge in [0.1, 0.15) is 5.78 Å². The molecule has 2 aliphatic heterocycles. The molecular weight excluding hydrogens is 510 g/mol. The SMILES string of the molecule is COC(=O)C1=C(C)NC2=CC(c3ccc(Cl)cc3)CC(=O)C2C1c1cc2c(cc1Br)OCO2. The van der Waals surface area contributed by atoms with Gasteiger partial charge < -0.3 is 19.5 Å². The van der Waals surface area contributed by atoms with Gasteiger partial charge in [0, 0.05) is 39.1 Å². The van der Waals surface area contributed by atoms with Gasteiger partial charge in [0.05, 0.1) is 18.6 Å². The Bertz CT molecular complexity index is 1220. The molecule has 0 radical (unpaired) electrons. The summed E-state index contributed by atoms with van der Waals surface area (Å²) >= 11 is 9.66. The zero-order chi connectivity index (χ0) is 23.3. The minimum Gasteiger partial charge on any atom is -0.466 e. The normalized spacial score (nSPS) is 23.6. The van der Waals surface area contributed by atoms with E-state index in [-0.39, 0.29) is 18.5 Å². The molecule has 0 spiro atoms. The number of ketones is 1. The Morgan fingerprint density at radius 3 is 2.55 bits per heavy atom. The lowest BCUT2D eigenvalue weighted by atomic mass is 9.68. The molecule has 2 heterocycles. The Morgan fingerprint density at radius 1 is 1.15 bits per heavy atom. The first-order valence-corrected chi connectivity index (χ1v) is 11.7. The van der Waals surface area contributed by atoms with Crippen LogP contribution in [0.2, 0.25) is 5.02 Å². The van der Waals surface area contributed by atoms with Gasteiger partial charge in [-0.2, -0.15) is 0 Å². The Hall–Kier alpha value is -2.77. The fraction of sp³-hybridized carbons (Fsp3) is 0.280. The van der Waals surface area contributed by atoms with Gasteiger partial charge in [0.25, 0.3) is 0 Å². The van der Waals surface area contributed by atoms with Crippen molar-refractivity contribution < 1.29 is 23.8 Å². The number of benzene rings is 2. The highest BCUT2D eigenvalue weighted by molar-refractivity contribution is 9.10. The van der Waals surface area contributed by atoms with E-state index in [2.05, 4.69) is 27.3 Å². The number of nitrogens with one attached hydrogen (secondary N) is 1. The van der Waals surface area contributed by atoms with Gasteiger partial charge in [-0.25, -0.2) is 4.79 Å². The third-order valence-electron chi connectivity index (χ3n) is 6.39. The molecule has 3 atom stereocenters. The maximum atomic E-state index is 13.6. The van der Waals surface area contributed by atoms with E-state index in [1.54, 1.807) is 0 Å². The summed E-state index contributed by atoms with van der Waals surface area (Å²) in [7, 11) is 1.35. The Labute approximate surface area is 204 Å². The van der Waals surface area contributed by atoms with Crippen LogP contribution in [0.1, 0.15) is 36.3 Å². The average molecular weight is 531 g/mol. The molecule has 0 amide bonds. The van der Waals surface area contributed by atoms with E-state index in [9.17, 15) is 9.59 Å². The van der Waals surface area contributed by atoms with Crippen LogP contribution < -0.4 is 14.8 Å². The van der Waals surface area contributed by atoms with Crippen LogP contribution in [-0.2, 0) is 14.3 Å². The zero-order valence-electron chi connectivity index (χ0n) is 18.0. The number of carbonyl (C=O) groups excluding carboxylic acids is 2. The molecule has 3 aliphatic rings. The van der Waals surface area contributed by atoms with E-state index in [4.69, 9.17) is 25.8 Å². The lowest BCUT2D eigenvalue weighted by molar-refractivity contribution is -0.136. The van der Waals surface area contributed by atoms with Gasteiger partial charge in [-0.3, -0.25) is 4.79 Å². The van der Waals surface area contributed by atoms with Crippen LogP contribution in [0.5, 0.6) is 11.5 Å². The lowest BCUT2D eigenvalue weighted by Gasteiger charge is -2.39. The zero-order valence-corrected chi connectivity index (χ0v) is 20.3. The van der Waals surface area contributed by atoms with Gasteiger partial charge in [0.15, 0.2) is 11.5 Å². The van der Waals surface area contributed by atoms with Crippen molar-refractivity contribution in [3.63, 3.8) is 0 Å². The van der Waals surface area contributed by atoms with Gasteiger partial charge in [-0.1, -0.05) is 45.7 Å². The van der Waals surface area contributed by atoms with Crippen LogP contribution in [0.3, 0.4) is 0 Å². The van der Waals surface area contributed by atoms with Gasteiger partial charge in [-0.15, -0.1) is 0 Å². The Balaban J connectivity index is 1.65. The molecule has 3 unspecified atom stereocenters. The first kappa shape index (κ1) is 22.0. The lowest BCUT2D eigenvalue weighted by Crippen LogP contribution is -2.42. The fourth-order valence-electron chi connectivity index (χ4n) is 4.89. The molecule has 0 fully saturated rings. The Morgan fingerprint density at radius 2 is 1.85 bits per heavy atom. The molecule has 2 aromatic carbocycles. The maximum absolute atomic E-state index is 13.6. The van der Waals surface area contributed by atoms with Crippen molar-refractivity contribution in [3.8, 4) is 11.5 Å². The highest BCUT2D eigenvalue weighted by Gasteiger charge is 2.46. The minimum atomic E-state index is -0.553. The molecule has 33 heavy (non-hydrogen) atoms. The quantitative estimate of drug-likeness (QED) is 0.549. The largest absolute Gasteiger partial charge is 0.466 e. The second-order valence-electron chi connectivity index (χ2n) is 8.29. The van der Waals surface area contributed by atoms with Crippen LogP contribution in [0.25, 0.3) is 0 Å². The number of fused-ring (bicyclic) bond motifs is 2. The van der Waals surface area contributed by atoms with Crippen molar-refractivity contribution >= 4 is 39.3 Å². The number of hydrogen-bond donors (Lipinski definition) is 1. The average Bonchev–Trinajstić information content (AvgIpc) is 3.24. The molecule has 8 heteroatoms. The second kappa shape index (κ2) is 8.54. The van der Waals surface area contributed by atoms with E-state index >= 15 is 0 Å². The van der Waals surface area contributed by atoms with Crippen LogP contribution in [-0.4, -0.2) is 25.7 Å². The summed E-state index contributed by atoms with van der Waals surface area (Å²) in [6.45, 7) is 1.96. The highest BCUT2D eigenvalue weighted by atomic mass is 79.9. The number of carbonyl (C=O) groups is 2. The number of ether oxygens (including phenoxy) is 3. The smallest absolute Gasteiger partial charge is 0.336 e. The van der Waals surface area contributed by atoms with E-state index in [1.807, 2.05) is 43.3 Å². The molecule has 1 aliphatic carbocycles. The molecule has 2 aromatic rings. The summed E-state index contributed by atoms with van der Waals surface area (Å²) in [5.41, 5.74) is 3.66. The predicted octanol–water partition coefficient (Wildman–Crippen LogP) is 5.22. The van der Waals surface area contributed by atoms with Gasteiger partial charge >= 0.3 is 5.97 Å². The molecule has 0 saturated heterocycles. The number of allylic oxidation sites excluding steroid dienone is 3. The molecule has 0 aromatic heterocycles. The van der Waals surface area contributed by atoms with E-state index in [0.29, 0.717) is 34.2 Å². The first-order chi connectivity index (χ1) is 15.9. The monoisotopic (exact) mass is 529 g/mol. The van der Waals surface area contributed by atoms with Crippen molar-refractivity contribution in [2.75, 3.05) is 13.9 Å². The molecule has 0 saturated carbocycles. The number of rotatable bonds is 3. The highest BCUT2D eigenvalue weighted by Crippen LogP contribution is 2.50. The topological polar surface area (TPSA) is 73.9 Å². The molecular formula is C25H21BrClNO5. The fourth-order valence-corrected chi connectivity index (χ4v) is 5.58. The van der Waals surface area contributed by atoms with E-state index in [0.717, 1.165) is 21.3 Å². The van der Waals surface area contributed by atoms with Crippen LogP contribution in [0, 0.1) is 5.92 Å². The summed E-state index contributed by atoms with van der Waals surface area (Å²) in [5, 5.41) is 3.97. The van der Waals surface area contributed by atoms with Gasteiger partial charge in [-0.05, 0) is 42.3 Å². The first-order valence-electron chi connectivity index (χ1n) is 10.5. The standard InChI is InChI=1S/C25H21BrClNO5/c1-12-22(25(30)31-2)23(16-9-20-21(10-17(16)26)33-11-32-20)24-18(28-12)7-14(8-19(24)29)13-3-5-15(27)6-4-13/h3-7,9-10,14,23-24,28H,8,11H2,1-2H3. The Kier molecular flexibility index (Phi) is 5.70. The maximum Gasteiger partial charge on any atom is 0.336 e. The number of Topliss-reactive ketones (excluding diaryl/α,β-unsaturated/α-hetero) is 1. The van der Waals surface area contributed by atoms with Crippen LogP contribution >= 0.6 is 27.5 Å². The molecule has 5 rings (SSSR count). The third-order valence-corrected chi connectivity index (χ3v) is 7.33. The van der Waals surface area contributed by atoms with Crippen molar-refractivity contribution in [1.29, 1.82) is 0 Å². The van der Waals surface area contributed by atoms with Crippen molar-refractivity contribution in [1.82, 2.24) is 5.32 Å². The molecule has 170 valence electrons. The number of esters is 1. The van der Waals surface area contributed by atoms with Gasteiger partial charge in [0.2, 0.25) is 6.79 Å². The van der Waals surface area contributed by atoms with E-state index < -0.39 is 17.8 Å². The van der Waals surface area contributed by atoms with Crippen LogP contribution in [0.15, 0.2) is 63.9 Å². The summed E-state index contributed by atoms with van der Waals surface area (Å²) in [4.78, 5) is 26.5. The summed E-state index contributed by atoms with van der Waals surface area (Å²) in [6.07, 6.45) is 2.41. The van der Waals surface area contributed by atoms with Crippen molar-refractivity contribution in [3.05, 3.63) is 80.1 Å².